The molecule has 2 fully saturated rings. The summed E-state index contributed by atoms with van der Waals surface area (Å²) in [4.78, 5) is 22.5. The number of carboxylic acid groups (broad SMARTS) is 1. The minimum absolute atomic E-state index is 0.133. The number of benzene rings is 1. The molecular weight excluding hydrogens is 270 g/mol. The molecule has 112 valence electrons. The van der Waals surface area contributed by atoms with Gasteiger partial charge in [0, 0.05) is 6.04 Å². The smallest absolute Gasteiger partial charge is 0.407 e. The number of carbonyl (C=O) groups is 2. The quantitative estimate of drug-likeness (QED) is 0.872. The summed E-state index contributed by atoms with van der Waals surface area (Å²) < 4.78 is 5.16. The highest BCUT2D eigenvalue weighted by Gasteiger charge is 2.51. The first-order valence-electron chi connectivity index (χ1n) is 7.33. The van der Waals surface area contributed by atoms with E-state index in [1.807, 2.05) is 30.3 Å². The van der Waals surface area contributed by atoms with Crippen LogP contribution in [-0.4, -0.2) is 23.2 Å². The van der Waals surface area contributed by atoms with E-state index in [1.165, 1.54) is 0 Å². The van der Waals surface area contributed by atoms with Crippen molar-refractivity contribution in [3.63, 3.8) is 0 Å². The van der Waals surface area contributed by atoms with Crippen LogP contribution in [-0.2, 0) is 16.1 Å². The molecule has 1 aromatic rings. The topological polar surface area (TPSA) is 75.6 Å². The summed E-state index contributed by atoms with van der Waals surface area (Å²) in [6, 6.07) is 9.68. The fourth-order valence-electron chi connectivity index (χ4n) is 3.08. The Hall–Kier alpha value is -2.04. The molecule has 1 unspecified atom stereocenters. The SMILES string of the molecule is O=C(NC1CC(C2C[C@@H]2C(=O)O)C1)OCc1ccccc1. The Morgan fingerprint density at radius 2 is 1.90 bits per heavy atom. The molecule has 3 rings (SSSR count). The van der Waals surface area contributed by atoms with Gasteiger partial charge in [-0.15, -0.1) is 0 Å². The molecule has 0 bridgehead atoms. The molecule has 2 saturated carbocycles. The predicted molar refractivity (Wildman–Crippen MR) is 75.5 cm³/mol. The van der Waals surface area contributed by atoms with Gasteiger partial charge < -0.3 is 15.2 Å². The van der Waals surface area contributed by atoms with Crippen LogP contribution in [0.4, 0.5) is 4.79 Å². The van der Waals surface area contributed by atoms with Crippen molar-refractivity contribution in [1.29, 1.82) is 0 Å². The van der Waals surface area contributed by atoms with Crippen LogP contribution in [0.25, 0.3) is 0 Å². The number of ether oxygens (including phenoxy) is 1. The summed E-state index contributed by atoms with van der Waals surface area (Å²) in [5.41, 5.74) is 0.960. The maximum Gasteiger partial charge on any atom is 0.407 e. The van der Waals surface area contributed by atoms with Crippen molar-refractivity contribution in [3.05, 3.63) is 35.9 Å². The monoisotopic (exact) mass is 289 g/mol. The fraction of sp³-hybridized carbons (Fsp3) is 0.500. The third-order valence-corrected chi connectivity index (χ3v) is 4.47. The van der Waals surface area contributed by atoms with E-state index in [4.69, 9.17) is 9.84 Å². The Balaban J connectivity index is 1.33. The van der Waals surface area contributed by atoms with Crippen LogP contribution in [0.1, 0.15) is 24.8 Å². The molecule has 0 aliphatic heterocycles. The van der Waals surface area contributed by atoms with Crippen molar-refractivity contribution in [2.24, 2.45) is 17.8 Å². The Labute approximate surface area is 123 Å². The molecule has 0 spiro atoms. The molecule has 0 aromatic heterocycles. The zero-order valence-electron chi connectivity index (χ0n) is 11.7. The second-order valence-electron chi connectivity index (χ2n) is 5.98. The summed E-state index contributed by atoms with van der Waals surface area (Å²) in [6.07, 6.45) is 2.14. The molecule has 1 amide bonds. The van der Waals surface area contributed by atoms with E-state index in [9.17, 15) is 9.59 Å². The van der Waals surface area contributed by atoms with Gasteiger partial charge in [-0.25, -0.2) is 4.79 Å². The molecule has 0 heterocycles. The van der Waals surface area contributed by atoms with Gasteiger partial charge in [-0.2, -0.15) is 0 Å². The van der Waals surface area contributed by atoms with Crippen LogP contribution in [0, 0.1) is 17.8 Å². The number of carbonyl (C=O) groups excluding carboxylic acids is 1. The van der Waals surface area contributed by atoms with Crippen LogP contribution in [0.5, 0.6) is 0 Å². The Morgan fingerprint density at radius 1 is 1.19 bits per heavy atom. The number of hydrogen-bond donors (Lipinski definition) is 2. The van der Waals surface area contributed by atoms with Crippen LogP contribution < -0.4 is 5.32 Å². The molecule has 1 aromatic carbocycles. The van der Waals surface area contributed by atoms with Crippen molar-refractivity contribution < 1.29 is 19.4 Å². The maximum absolute atomic E-state index is 11.7. The second-order valence-corrected chi connectivity index (χ2v) is 5.98. The van der Waals surface area contributed by atoms with E-state index in [2.05, 4.69) is 5.32 Å². The van der Waals surface area contributed by atoms with Crippen molar-refractivity contribution in [3.8, 4) is 0 Å². The average Bonchev–Trinajstić information content (AvgIpc) is 3.21. The van der Waals surface area contributed by atoms with Crippen molar-refractivity contribution in [2.45, 2.75) is 31.9 Å². The lowest BCUT2D eigenvalue weighted by Gasteiger charge is -2.35. The van der Waals surface area contributed by atoms with Crippen LogP contribution in [0.3, 0.4) is 0 Å². The van der Waals surface area contributed by atoms with E-state index in [-0.39, 0.29) is 18.6 Å². The first kappa shape index (κ1) is 13.9. The standard InChI is InChI=1S/C16H19NO4/c18-15(19)14-8-13(14)11-6-12(7-11)17-16(20)21-9-10-4-2-1-3-5-10/h1-5,11-14H,6-9H2,(H,17,20)(H,18,19)/t11?,12?,13?,14-/m0/s1. The summed E-state index contributed by atoms with van der Waals surface area (Å²) in [5, 5.41) is 11.7. The number of rotatable bonds is 5. The third-order valence-electron chi connectivity index (χ3n) is 4.47. The van der Waals surface area contributed by atoms with Gasteiger partial charge in [0.05, 0.1) is 5.92 Å². The second kappa shape index (κ2) is 5.76. The number of amides is 1. The molecular formula is C16H19NO4. The minimum atomic E-state index is -0.682. The normalized spacial score (nSPS) is 30.1. The zero-order chi connectivity index (χ0) is 14.8. The fourth-order valence-corrected chi connectivity index (χ4v) is 3.08. The summed E-state index contributed by atoms with van der Waals surface area (Å²) in [5.74, 6) is -0.0638. The van der Waals surface area contributed by atoms with E-state index < -0.39 is 12.1 Å². The van der Waals surface area contributed by atoms with E-state index in [0.717, 1.165) is 24.8 Å². The van der Waals surface area contributed by atoms with Crippen LogP contribution in [0.2, 0.25) is 0 Å². The molecule has 0 saturated heterocycles. The van der Waals surface area contributed by atoms with Crippen molar-refractivity contribution in [2.75, 3.05) is 0 Å². The number of carboxylic acids is 1. The molecule has 2 aliphatic carbocycles. The van der Waals surface area contributed by atoms with Gasteiger partial charge in [-0.05, 0) is 36.7 Å². The Kier molecular flexibility index (Phi) is 3.82. The highest BCUT2D eigenvalue weighted by Crippen LogP contribution is 2.51. The van der Waals surface area contributed by atoms with Crippen molar-refractivity contribution >= 4 is 12.1 Å². The van der Waals surface area contributed by atoms with E-state index >= 15 is 0 Å². The van der Waals surface area contributed by atoms with Gasteiger partial charge in [0.1, 0.15) is 6.61 Å². The van der Waals surface area contributed by atoms with Gasteiger partial charge in [-0.3, -0.25) is 4.79 Å². The predicted octanol–water partition coefficient (Wildman–Crippen LogP) is 2.41. The minimum Gasteiger partial charge on any atom is -0.481 e. The average molecular weight is 289 g/mol. The zero-order valence-corrected chi connectivity index (χ0v) is 11.7. The lowest BCUT2D eigenvalue weighted by Crippen LogP contribution is -2.45. The molecule has 2 atom stereocenters. The van der Waals surface area contributed by atoms with Gasteiger partial charge in [0.2, 0.25) is 0 Å². The molecule has 0 radical (unpaired) electrons. The van der Waals surface area contributed by atoms with Gasteiger partial charge in [0.15, 0.2) is 0 Å². The van der Waals surface area contributed by atoms with E-state index in [1.54, 1.807) is 0 Å². The lowest BCUT2D eigenvalue weighted by atomic mass is 9.76. The largest absolute Gasteiger partial charge is 0.481 e. The summed E-state index contributed by atoms with van der Waals surface area (Å²) in [7, 11) is 0. The Morgan fingerprint density at radius 3 is 2.52 bits per heavy atom. The molecule has 5 heteroatoms. The van der Waals surface area contributed by atoms with Gasteiger partial charge >= 0.3 is 12.1 Å². The number of hydrogen-bond acceptors (Lipinski definition) is 3. The number of aliphatic carboxylic acids is 1. The maximum atomic E-state index is 11.7. The molecule has 2 aliphatic rings. The first-order chi connectivity index (χ1) is 10.1. The number of nitrogens with one attached hydrogen (secondary N) is 1. The highest BCUT2D eigenvalue weighted by atomic mass is 16.5. The third kappa shape index (κ3) is 3.35. The van der Waals surface area contributed by atoms with Gasteiger partial charge in [0.25, 0.3) is 0 Å². The van der Waals surface area contributed by atoms with Gasteiger partial charge in [-0.1, -0.05) is 30.3 Å². The molecule has 21 heavy (non-hydrogen) atoms. The number of alkyl carbamates (subject to hydrolysis) is 1. The van der Waals surface area contributed by atoms with Crippen LogP contribution in [0.15, 0.2) is 30.3 Å². The molecule has 5 nitrogen and oxygen atoms in total. The first-order valence-corrected chi connectivity index (χ1v) is 7.33. The lowest BCUT2D eigenvalue weighted by molar-refractivity contribution is -0.139. The van der Waals surface area contributed by atoms with Crippen molar-refractivity contribution in [1.82, 2.24) is 5.32 Å². The highest BCUT2D eigenvalue weighted by molar-refractivity contribution is 5.73. The Bertz CT molecular complexity index is 524. The summed E-state index contributed by atoms with van der Waals surface area (Å²) >= 11 is 0. The van der Waals surface area contributed by atoms with Crippen LogP contribution >= 0.6 is 0 Å². The molecule has 2 N–H and O–H groups in total. The van der Waals surface area contributed by atoms with E-state index in [0.29, 0.717) is 11.8 Å². The summed E-state index contributed by atoms with van der Waals surface area (Å²) in [6.45, 7) is 0.270.